The number of methoxy groups -OCH3 is 1. The highest BCUT2D eigenvalue weighted by molar-refractivity contribution is 7.22. The maximum atomic E-state index is 5.60. The third kappa shape index (κ3) is 1.33. The van der Waals surface area contributed by atoms with Gasteiger partial charge in [0.05, 0.1) is 17.3 Å². The van der Waals surface area contributed by atoms with Crippen LogP contribution < -0.4 is 10.5 Å². The van der Waals surface area contributed by atoms with Crippen molar-refractivity contribution >= 4 is 26.7 Å². The van der Waals surface area contributed by atoms with Crippen LogP contribution in [0.2, 0.25) is 0 Å². The van der Waals surface area contributed by atoms with Crippen LogP contribution in [0.5, 0.6) is 5.75 Å². The van der Waals surface area contributed by atoms with Crippen molar-refractivity contribution < 1.29 is 4.74 Å². The largest absolute Gasteiger partial charge is 0.496 e. The van der Waals surface area contributed by atoms with Crippen molar-refractivity contribution in [2.24, 2.45) is 0 Å². The number of thiazole rings is 1. The molecule has 0 aliphatic heterocycles. The lowest BCUT2D eigenvalue weighted by Gasteiger charge is -2.02. The average Bonchev–Trinajstić information content (AvgIpc) is 2.42. The van der Waals surface area contributed by atoms with Crippen LogP contribution in [0.3, 0.4) is 0 Å². The summed E-state index contributed by atoms with van der Waals surface area (Å²) in [4.78, 5) is 4.18. The highest BCUT2D eigenvalue weighted by Crippen LogP contribution is 2.29. The molecule has 3 nitrogen and oxygen atoms in total. The summed E-state index contributed by atoms with van der Waals surface area (Å²) in [6.45, 7) is 2.01. The minimum atomic E-state index is 0.600. The first-order chi connectivity index (χ1) is 6.20. The molecule has 1 heterocycles. The third-order valence-corrected chi connectivity index (χ3v) is 2.77. The first-order valence-corrected chi connectivity index (χ1v) is 4.73. The number of rotatable bonds is 1. The van der Waals surface area contributed by atoms with Crippen LogP contribution in [0.4, 0.5) is 5.13 Å². The molecule has 0 unspecified atom stereocenters. The zero-order chi connectivity index (χ0) is 9.42. The molecule has 1 aromatic heterocycles. The fourth-order valence-electron chi connectivity index (χ4n) is 1.29. The van der Waals surface area contributed by atoms with Gasteiger partial charge in [0.1, 0.15) is 5.75 Å². The number of hydrogen-bond acceptors (Lipinski definition) is 4. The summed E-state index contributed by atoms with van der Waals surface area (Å²) in [7, 11) is 1.66. The van der Waals surface area contributed by atoms with Gasteiger partial charge in [-0.2, -0.15) is 0 Å². The lowest BCUT2D eigenvalue weighted by molar-refractivity contribution is 0.412. The molecule has 0 saturated heterocycles. The molecule has 0 radical (unpaired) electrons. The summed E-state index contributed by atoms with van der Waals surface area (Å²) < 4.78 is 6.29. The van der Waals surface area contributed by atoms with E-state index in [4.69, 9.17) is 10.5 Å². The Hall–Kier alpha value is -1.29. The summed E-state index contributed by atoms with van der Waals surface area (Å²) in [5.74, 6) is 0.859. The zero-order valence-electron chi connectivity index (χ0n) is 7.50. The van der Waals surface area contributed by atoms with E-state index in [1.54, 1.807) is 7.11 Å². The number of hydrogen-bond donors (Lipinski definition) is 1. The van der Waals surface area contributed by atoms with Crippen molar-refractivity contribution in [1.29, 1.82) is 0 Å². The highest BCUT2D eigenvalue weighted by Gasteiger charge is 2.05. The predicted molar refractivity (Wildman–Crippen MR) is 55.3 cm³/mol. The molecule has 4 heteroatoms. The van der Waals surface area contributed by atoms with Crippen LogP contribution in [0, 0.1) is 6.92 Å². The number of nitrogens with two attached hydrogens (primary N) is 1. The van der Waals surface area contributed by atoms with E-state index in [1.807, 2.05) is 19.1 Å². The van der Waals surface area contributed by atoms with E-state index in [-0.39, 0.29) is 0 Å². The molecule has 0 spiro atoms. The summed E-state index contributed by atoms with van der Waals surface area (Å²) in [6, 6.07) is 3.96. The van der Waals surface area contributed by atoms with Crippen LogP contribution in [0.1, 0.15) is 5.56 Å². The molecule has 0 saturated carbocycles. The van der Waals surface area contributed by atoms with Gasteiger partial charge in [-0.15, -0.1) is 0 Å². The number of nitrogens with zero attached hydrogens (tertiary/aromatic N) is 1. The maximum absolute atomic E-state index is 5.60. The number of fused-ring (bicyclic) bond motifs is 1. The van der Waals surface area contributed by atoms with Gasteiger partial charge in [-0.25, -0.2) is 4.98 Å². The van der Waals surface area contributed by atoms with Crippen LogP contribution in [-0.4, -0.2) is 12.1 Å². The van der Waals surface area contributed by atoms with Gasteiger partial charge in [0.25, 0.3) is 0 Å². The lowest BCUT2D eigenvalue weighted by Crippen LogP contribution is -1.86. The Morgan fingerprint density at radius 2 is 2.23 bits per heavy atom. The second-order valence-electron chi connectivity index (χ2n) is 2.84. The average molecular weight is 194 g/mol. The molecular formula is C9H10N2OS. The molecule has 0 aliphatic rings. The van der Waals surface area contributed by atoms with E-state index >= 15 is 0 Å². The standard InChI is InChI=1S/C9H10N2OS/c1-5-3-8-6(4-7(5)12-2)11-9(10)13-8/h3-4H,1-2H3,(H2,10,11). The van der Waals surface area contributed by atoms with E-state index in [0.717, 1.165) is 21.5 Å². The molecule has 1 aromatic carbocycles. The Bertz CT molecular complexity index is 450. The van der Waals surface area contributed by atoms with Crippen LogP contribution in [0.25, 0.3) is 10.2 Å². The molecule has 0 amide bonds. The Labute approximate surface area is 80.2 Å². The molecule has 0 atom stereocenters. The highest BCUT2D eigenvalue weighted by atomic mass is 32.1. The van der Waals surface area contributed by atoms with Crippen molar-refractivity contribution in [1.82, 2.24) is 4.98 Å². The number of benzene rings is 1. The van der Waals surface area contributed by atoms with E-state index in [1.165, 1.54) is 11.3 Å². The van der Waals surface area contributed by atoms with Gasteiger partial charge in [0.2, 0.25) is 0 Å². The Balaban J connectivity index is 2.72. The number of aromatic nitrogens is 1. The SMILES string of the molecule is COc1cc2nc(N)sc2cc1C. The molecule has 2 aromatic rings. The summed E-state index contributed by atoms with van der Waals surface area (Å²) in [6.07, 6.45) is 0. The zero-order valence-corrected chi connectivity index (χ0v) is 8.31. The van der Waals surface area contributed by atoms with E-state index in [9.17, 15) is 0 Å². The molecular weight excluding hydrogens is 184 g/mol. The Morgan fingerprint density at radius 3 is 2.92 bits per heavy atom. The minimum absolute atomic E-state index is 0.600. The van der Waals surface area contributed by atoms with E-state index in [2.05, 4.69) is 4.98 Å². The fourth-order valence-corrected chi connectivity index (χ4v) is 2.11. The second kappa shape index (κ2) is 2.88. The van der Waals surface area contributed by atoms with Crippen LogP contribution in [0.15, 0.2) is 12.1 Å². The van der Waals surface area contributed by atoms with Crippen molar-refractivity contribution in [3.8, 4) is 5.75 Å². The van der Waals surface area contributed by atoms with Gasteiger partial charge in [-0.05, 0) is 18.6 Å². The van der Waals surface area contributed by atoms with Gasteiger partial charge in [-0.1, -0.05) is 11.3 Å². The van der Waals surface area contributed by atoms with Crippen molar-refractivity contribution in [3.05, 3.63) is 17.7 Å². The molecule has 13 heavy (non-hydrogen) atoms. The first-order valence-electron chi connectivity index (χ1n) is 3.91. The van der Waals surface area contributed by atoms with Gasteiger partial charge in [0, 0.05) is 6.07 Å². The van der Waals surface area contributed by atoms with E-state index < -0.39 is 0 Å². The van der Waals surface area contributed by atoms with E-state index in [0.29, 0.717) is 5.13 Å². The normalized spacial score (nSPS) is 10.6. The van der Waals surface area contributed by atoms with Gasteiger partial charge >= 0.3 is 0 Å². The Kier molecular flexibility index (Phi) is 1.84. The number of nitrogen functional groups attached to an aromatic ring is 1. The summed E-state index contributed by atoms with van der Waals surface area (Å²) in [5, 5.41) is 0.600. The summed E-state index contributed by atoms with van der Waals surface area (Å²) in [5.41, 5.74) is 7.62. The number of aryl methyl sites for hydroxylation is 1. The fraction of sp³-hybridized carbons (Fsp3) is 0.222. The minimum Gasteiger partial charge on any atom is -0.496 e. The maximum Gasteiger partial charge on any atom is 0.181 e. The quantitative estimate of drug-likeness (QED) is 0.757. The topological polar surface area (TPSA) is 48.1 Å². The molecule has 0 bridgehead atoms. The lowest BCUT2D eigenvalue weighted by atomic mass is 10.2. The molecule has 68 valence electrons. The predicted octanol–water partition coefficient (Wildman–Crippen LogP) is 2.20. The molecule has 0 aliphatic carbocycles. The van der Waals surface area contributed by atoms with Gasteiger partial charge in [-0.3, -0.25) is 0 Å². The second-order valence-corrected chi connectivity index (χ2v) is 3.90. The first kappa shape index (κ1) is 8.31. The van der Waals surface area contributed by atoms with Crippen LogP contribution >= 0.6 is 11.3 Å². The number of anilines is 1. The molecule has 2 rings (SSSR count). The smallest absolute Gasteiger partial charge is 0.181 e. The third-order valence-electron chi connectivity index (χ3n) is 1.92. The molecule has 2 N–H and O–H groups in total. The number of ether oxygens (including phenoxy) is 1. The Morgan fingerprint density at radius 1 is 1.46 bits per heavy atom. The monoisotopic (exact) mass is 194 g/mol. The summed E-state index contributed by atoms with van der Waals surface area (Å²) >= 11 is 1.50. The molecule has 0 fully saturated rings. The van der Waals surface area contributed by atoms with Gasteiger partial charge in [0.15, 0.2) is 5.13 Å². The van der Waals surface area contributed by atoms with Crippen molar-refractivity contribution in [3.63, 3.8) is 0 Å². The van der Waals surface area contributed by atoms with Crippen molar-refractivity contribution in [2.75, 3.05) is 12.8 Å². The van der Waals surface area contributed by atoms with Gasteiger partial charge < -0.3 is 10.5 Å². The van der Waals surface area contributed by atoms with Crippen molar-refractivity contribution in [2.45, 2.75) is 6.92 Å². The van der Waals surface area contributed by atoms with Crippen LogP contribution in [-0.2, 0) is 0 Å².